The van der Waals surface area contributed by atoms with E-state index in [-0.39, 0.29) is 0 Å². The lowest BCUT2D eigenvalue weighted by Crippen LogP contribution is -2.47. The van der Waals surface area contributed by atoms with Crippen LogP contribution in [0.15, 0.2) is 18.3 Å². The molecule has 0 amide bonds. The zero-order valence-corrected chi connectivity index (χ0v) is 13.0. The van der Waals surface area contributed by atoms with E-state index in [4.69, 9.17) is 0 Å². The van der Waals surface area contributed by atoms with E-state index in [0.29, 0.717) is 38.3 Å². The first kappa shape index (κ1) is 15.9. The lowest BCUT2D eigenvalue weighted by atomic mass is 10.2. The Morgan fingerprint density at radius 2 is 1.95 bits per heavy atom. The minimum absolute atomic E-state index is 0.407. The monoisotopic (exact) mass is 313 g/mol. The van der Waals surface area contributed by atoms with Crippen LogP contribution in [0.25, 0.3) is 0 Å². The van der Waals surface area contributed by atoms with Gasteiger partial charge in [-0.25, -0.2) is 13.2 Å². The summed E-state index contributed by atoms with van der Waals surface area (Å²) in [7, 11) is -1.77. The maximum atomic E-state index is 11.4. The Kier molecular flexibility index (Phi) is 4.92. The number of esters is 1. The number of piperazine rings is 1. The van der Waals surface area contributed by atoms with E-state index < -0.39 is 16.0 Å². The van der Waals surface area contributed by atoms with Crippen LogP contribution in [0.3, 0.4) is 0 Å². The van der Waals surface area contributed by atoms with Gasteiger partial charge in [0.15, 0.2) is 0 Å². The summed E-state index contributed by atoms with van der Waals surface area (Å²) in [6, 6.07) is 3.47. The fourth-order valence-electron chi connectivity index (χ4n) is 2.20. The quantitative estimate of drug-likeness (QED) is 0.725. The summed E-state index contributed by atoms with van der Waals surface area (Å²) in [6.07, 6.45) is 2.73. The molecule has 21 heavy (non-hydrogen) atoms. The first-order valence-corrected chi connectivity index (χ1v) is 8.45. The van der Waals surface area contributed by atoms with Gasteiger partial charge in [-0.2, -0.15) is 4.31 Å². The fourth-order valence-corrected chi connectivity index (χ4v) is 3.03. The molecule has 7 nitrogen and oxygen atoms in total. The van der Waals surface area contributed by atoms with Crippen LogP contribution in [-0.4, -0.2) is 68.1 Å². The van der Waals surface area contributed by atoms with Gasteiger partial charge < -0.3 is 4.74 Å². The highest BCUT2D eigenvalue weighted by molar-refractivity contribution is 7.88. The zero-order valence-electron chi connectivity index (χ0n) is 12.2. The number of rotatable bonds is 4. The molecule has 1 aromatic rings. The highest BCUT2D eigenvalue weighted by Crippen LogP contribution is 2.10. The lowest BCUT2D eigenvalue weighted by Gasteiger charge is -2.32. The molecule has 0 unspecified atom stereocenters. The minimum Gasteiger partial charge on any atom is -0.465 e. The topological polar surface area (TPSA) is 79.8 Å². The number of ether oxygens (including phenoxy) is 1. The number of carbonyl (C=O) groups excluding carboxylic acids is 1. The minimum atomic E-state index is -3.10. The van der Waals surface area contributed by atoms with Crippen LogP contribution in [0.1, 0.15) is 16.1 Å². The molecule has 1 saturated heterocycles. The predicted octanol–water partition coefficient (Wildman–Crippen LogP) is -0.0546. The second-order valence-corrected chi connectivity index (χ2v) is 6.95. The zero-order chi connectivity index (χ0) is 15.5. The average molecular weight is 313 g/mol. The maximum Gasteiger partial charge on any atom is 0.339 e. The van der Waals surface area contributed by atoms with Crippen LogP contribution in [0.5, 0.6) is 0 Å². The number of carbonyl (C=O) groups is 1. The van der Waals surface area contributed by atoms with E-state index in [0.717, 1.165) is 5.69 Å². The Labute approximate surface area is 124 Å². The fraction of sp³-hybridized carbons (Fsp3) is 0.538. The summed E-state index contributed by atoms with van der Waals surface area (Å²) in [6.45, 7) is 2.98. The van der Waals surface area contributed by atoms with Gasteiger partial charge in [0.05, 0.1) is 24.6 Å². The third kappa shape index (κ3) is 4.23. The Bertz CT molecular complexity index is 592. The van der Waals surface area contributed by atoms with E-state index in [1.165, 1.54) is 23.9 Å². The molecule has 1 aliphatic rings. The molecule has 0 spiro atoms. The molecule has 0 bridgehead atoms. The number of methoxy groups -OCH3 is 1. The lowest BCUT2D eigenvalue weighted by molar-refractivity contribution is 0.0600. The average Bonchev–Trinajstić information content (AvgIpc) is 2.47. The van der Waals surface area contributed by atoms with Gasteiger partial charge in [0.25, 0.3) is 0 Å². The highest BCUT2D eigenvalue weighted by Gasteiger charge is 2.23. The van der Waals surface area contributed by atoms with Gasteiger partial charge in [0.2, 0.25) is 10.0 Å². The van der Waals surface area contributed by atoms with Crippen LogP contribution < -0.4 is 0 Å². The maximum absolute atomic E-state index is 11.4. The number of hydrogen-bond acceptors (Lipinski definition) is 6. The molecule has 0 radical (unpaired) electrons. The van der Waals surface area contributed by atoms with Gasteiger partial charge in [-0.15, -0.1) is 0 Å². The molecule has 0 saturated carbocycles. The first-order valence-electron chi connectivity index (χ1n) is 6.61. The summed E-state index contributed by atoms with van der Waals surface area (Å²) >= 11 is 0. The standard InChI is InChI=1S/C13H19N3O4S/c1-20-13(17)11-3-4-12(14-9-11)10-15-5-7-16(8-6-15)21(2,18)19/h3-4,9H,5-8,10H2,1-2H3. The Morgan fingerprint density at radius 1 is 1.29 bits per heavy atom. The van der Waals surface area contributed by atoms with Crippen LogP contribution >= 0.6 is 0 Å². The van der Waals surface area contributed by atoms with Crippen molar-refractivity contribution in [3.05, 3.63) is 29.6 Å². The number of sulfonamides is 1. The molecule has 0 atom stereocenters. The summed E-state index contributed by atoms with van der Waals surface area (Å²) in [5.41, 5.74) is 1.26. The van der Waals surface area contributed by atoms with E-state index in [9.17, 15) is 13.2 Å². The number of pyridine rings is 1. The van der Waals surface area contributed by atoms with Crippen molar-refractivity contribution in [2.45, 2.75) is 6.54 Å². The van der Waals surface area contributed by atoms with Crippen LogP contribution in [0, 0.1) is 0 Å². The molecular weight excluding hydrogens is 294 g/mol. The second-order valence-electron chi connectivity index (χ2n) is 4.97. The molecule has 0 N–H and O–H groups in total. The third-order valence-corrected chi connectivity index (χ3v) is 4.73. The van der Waals surface area contributed by atoms with Crippen LogP contribution in [0.2, 0.25) is 0 Å². The van der Waals surface area contributed by atoms with E-state index in [2.05, 4.69) is 14.6 Å². The molecule has 116 valence electrons. The van der Waals surface area contributed by atoms with Crippen molar-refractivity contribution in [3.8, 4) is 0 Å². The van der Waals surface area contributed by atoms with Crippen molar-refractivity contribution >= 4 is 16.0 Å². The van der Waals surface area contributed by atoms with Crippen LogP contribution in [-0.2, 0) is 21.3 Å². The Morgan fingerprint density at radius 3 is 2.43 bits per heavy atom. The summed E-state index contributed by atoms with van der Waals surface area (Å²) < 4.78 is 29.0. The molecule has 8 heteroatoms. The predicted molar refractivity (Wildman–Crippen MR) is 77.3 cm³/mol. The van der Waals surface area contributed by atoms with Crippen molar-refractivity contribution in [2.75, 3.05) is 39.5 Å². The molecule has 0 aliphatic carbocycles. The number of nitrogens with zero attached hydrogens (tertiary/aromatic N) is 3. The third-order valence-electron chi connectivity index (χ3n) is 3.43. The molecular formula is C13H19N3O4S. The molecule has 1 fully saturated rings. The highest BCUT2D eigenvalue weighted by atomic mass is 32.2. The van der Waals surface area contributed by atoms with Crippen molar-refractivity contribution in [3.63, 3.8) is 0 Å². The van der Waals surface area contributed by atoms with E-state index in [1.807, 2.05) is 0 Å². The molecule has 2 rings (SSSR count). The van der Waals surface area contributed by atoms with Crippen LogP contribution in [0.4, 0.5) is 0 Å². The summed E-state index contributed by atoms with van der Waals surface area (Å²) in [5, 5.41) is 0. The smallest absolute Gasteiger partial charge is 0.339 e. The van der Waals surface area contributed by atoms with Gasteiger partial charge in [-0.3, -0.25) is 9.88 Å². The molecule has 2 heterocycles. The van der Waals surface area contributed by atoms with Gasteiger partial charge in [0.1, 0.15) is 0 Å². The SMILES string of the molecule is COC(=O)c1ccc(CN2CCN(S(C)(=O)=O)CC2)nc1. The van der Waals surface area contributed by atoms with Gasteiger partial charge in [-0.1, -0.05) is 0 Å². The van der Waals surface area contributed by atoms with E-state index >= 15 is 0 Å². The van der Waals surface area contributed by atoms with E-state index in [1.54, 1.807) is 12.1 Å². The largest absolute Gasteiger partial charge is 0.465 e. The summed E-state index contributed by atoms with van der Waals surface area (Å²) in [4.78, 5) is 17.7. The summed E-state index contributed by atoms with van der Waals surface area (Å²) in [5.74, 6) is -0.407. The number of hydrogen-bond donors (Lipinski definition) is 0. The van der Waals surface area contributed by atoms with Crippen molar-refractivity contribution in [2.24, 2.45) is 0 Å². The first-order chi connectivity index (χ1) is 9.90. The number of aromatic nitrogens is 1. The Balaban J connectivity index is 1.90. The second kappa shape index (κ2) is 6.50. The molecule has 0 aromatic carbocycles. The Hall–Kier alpha value is -1.51. The van der Waals surface area contributed by atoms with Gasteiger partial charge >= 0.3 is 5.97 Å². The molecule has 1 aromatic heterocycles. The van der Waals surface area contributed by atoms with Crippen molar-refractivity contribution < 1.29 is 17.9 Å². The van der Waals surface area contributed by atoms with Gasteiger partial charge in [0, 0.05) is 38.9 Å². The normalized spacial score (nSPS) is 17.6. The molecule has 1 aliphatic heterocycles. The van der Waals surface area contributed by atoms with Crippen molar-refractivity contribution in [1.82, 2.24) is 14.2 Å². The van der Waals surface area contributed by atoms with Crippen molar-refractivity contribution in [1.29, 1.82) is 0 Å². The van der Waals surface area contributed by atoms with Gasteiger partial charge in [-0.05, 0) is 12.1 Å².